The first-order valence-electron chi connectivity index (χ1n) is 15.0. The Bertz CT molecular complexity index is 1490. The number of piperidine rings is 1. The number of hydrogen-bond donors (Lipinski definition) is 2. The van der Waals surface area contributed by atoms with Crippen LogP contribution in [0.5, 0.6) is 0 Å². The quantitative estimate of drug-likeness (QED) is 0.405. The van der Waals surface area contributed by atoms with E-state index in [1.54, 1.807) is 32.6 Å². The molecular weight excluding hydrogens is 603 g/mol. The topological polar surface area (TPSA) is 134 Å². The summed E-state index contributed by atoms with van der Waals surface area (Å²) in [6.45, 7) is 7.76. The van der Waals surface area contributed by atoms with Gasteiger partial charge in [-0.15, -0.1) is 0 Å². The first-order valence-corrected chi connectivity index (χ1v) is 16.9. The smallest absolute Gasteiger partial charge is 0.407 e. The van der Waals surface area contributed by atoms with Crippen LogP contribution in [0.2, 0.25) is 0 Å². The summed E-state index contributed by atoms with van der Waals surface area (Å²) in [6, 6.07) is 12.6. The summed E-state index contributed by atoms with van der Waals surface area (Å²) < 4.78 is 51.8. The Kier molecular flexibility index (Phi) is 10.4. The van der Waals surface area contributed by atoms with Gasteiger partial charge in [0.25, 0.3) is 0 Å². The van der Waals surface area contributed by atoms with Gasteiger partial charge in [0.2, 0.25) is 21.8 Å². The van der Waals surface area contributed by atoms with E-state index in [0.717, 1.165) is 11.8 Å². The molecule has 2 heterocycles. The summed E-state index contributed by atoms with van der Waals surface area (Å²) >= 11 is 0. The van der Waals surface area contributed by atoms with Crippen molar-refractivity contribution in [2.24, 2.45) is 5.92 Å². The number of nitrogens with one attached hydrogen (secondary N) is 2. The largest absolute Gasteiger partial charge is 0.444 e. The molecule has 1 spiro atoms. The molecule has 3 amide bonds. The maximum Gasteiger partial charge on any atom is 0.407 e. The van der Waals surface area contributed by atoms with Crippen molar-refractivity contribution >= 4 is 33.6 Å². The van der Waals surface area contributed by atoms with E-state index in [9.17, 15) is 27.2 Å². The molecule has 2 aromatic carbocycles. The van der Waals surface area contributed by atoms with Crippen molar-refractivity contribution in [2.45, 2.75) is 64.2 Å². The molecule has 1 unspecified atom stereocenters. The predicted octanol–water partition coefficient (Wildman–Crippen LogP) is 3.33. The summed E-state index contributed by atoms with van der Waals surface area (Å²) in [7, 11) is -3.59. The lowest BCUT2D eigenvalue weighted by Gasteiger charge is -2.41. The van der Waals surface area contributed by atoms with Crippen LogP contribution in [0.25, 0.3) is 0 Å². The van der Waals surface area contributed by atoms with E-state index in [0.29, 0.717) is 24.1 Å². The number of likely N-dealkylation sites (tertiary alicyclic amines) is 1. The molecule has 4 rings (SSSR count). The van der Waals surface area contributed by atoms with Crippen molar-refractivity contribution in [3.8, 4) is 0 Å². The van der Waals surface area contributed by atoms with Crippen molar-refractivity contribution in [1.29, 1.82) is 0 Å². The number of hydrogen-bond acceptors (Lipinski definition) is 7. The van der Waals surface area contributed by atoms with Gasteiger partial charge in [-0.2, -0.15) is 0 Å². The number of carbonyl (C=O) groups excluding carboxylic acids is 3. The first kappa shape index (κ1) is 34.2. The third-order valence-corrected chi connectivity index (χ3v) is 9.21. The number of halogens is 1. The molecular formula is C32H43FN4O7S. The van der Waals surface area contributed by atoms with E-state index < -0.39 is 50.8 Å². The van der Waals surface area contributed by atoms with Gasteiger partial charge in [0.15, 0.2) is 0 Å². The van der Waals surface area contributed by atoms with Crippen molar-refractivity contribution < 1.29 is 36.7 Å². The van der Waals surface area contributed by atoms with Gasteiger partial charge < -0.3 is 25.0 Å². The van der Waals surface area contributed by atoms with Crippen molar-refractivity contribution in [3.05, 3.63) is 65.5 Å². The zero-order valence-electron chi connectivity index (χ0n) is 26.5. The highest BCUT2D eigenvalue weighted by atomic mass is 32.2. The molecule has 2 atom stereocenters. The summed E-state index contributed by atoms with van der Waals surface area (Å²) in [5, 5.41) is 5.38. The van der Waals surface area contributed by atoms with Gasteiger partial charge in [0, 0.05) is 31.6 Å². The third-order valence-electron chi connectivity index (χ3n) is 8.09. The van der Waals surface area contributed by atoms with Crippen LogP contribution in [0.15, 0.2) is 48.5 Å². The normalized spacial score (nSPS) is 17.4. The Morgan fingerprint density at radius 2 is 1.73 bits per heavy atom. The second kappa shape index (κ2) is 13.7. The molecule has 0 bridgehead atoms. The average Bonchev–Trinajstić information content (AvgIpc) is 3.28. The number of anilines is 1. The Balaban J connectivity index is 1.44. The van der Waals surface area contributed by atoms with Gasteiger partial charge in [0.1, 0.15) is 17.5 Å². The maximum absolute atomic E-state index is 14.3. The van der Waals surface area contributed by atoms with Crippen LogP contribution in [0.1, 0.15) is 51.7 Å². The molecule has 2 aliphatic rings. The van der Waals surface area contributed by atoms with Crippen LogP contribution in [-0.4, -0.2) is 81.9 Å². The first-order chi connectivity index (χ1) is 21.1. The molecule has 0 radical (unpaired) electrons. The molecule has 0 aliphatic carbocycles. The van der Waals surface area contributed by atoms with Gasteiger partial charge >= 0.3 is 6.09 Å². The molecule has 246 valence electrons. The van der Waals surface area contributed by atoms with Crippen molar-refractivity contribution in [2.75, 3.05) is 43.3 Å². The van der Waals surface area contributed by atoms with Crippen LogP contribution in [-0.2, 0) is 41.1 Å². The van der Waals surface area contributed by atoms with Gasteiger partial charge in [-0.1, -0.05) is 37.3 Å². The number of benzene rings is 2. The molecule has 2 N–H and O–H groups in total. The molecule has 1 fully saturated rings. The zero-order valence-corrected chi connectivity index (χ0v) is 27.3. The minimum atomic E-state index is -3.59. The second-order valence-corrected chi connectivity index (χ2v) is 14.8. The van der Waals surface area contributed by atoms with E-state index in [4.69, 9.17) is 9.47 Å². The Labute approximate surface area is 264 Å². The zero-order chi connectivity index (χ0) is 33.0. The number of carbonyl (C=O) groups is 3. The molecule has 2 aliphatic heterocycles. The fourth-order valence-electron chi connectivity index (χ4n) is 5.70. The monoisotopic (exact) mass is 646 g/mol. The lowest BCUT2D eigenvalue weighted by Crippen LogP contribution is -2.56. The van der Waals surface area contributed by atoms with Crippen LogP contribution in [0.3, 0.4) is 0 Å². The highest BCUT2D eigenvalue weighted by molar-refractivity contribution is 7.92. The highest BCUT2D eigenvalue weighted by Crippen LogP contribution is 2.48. The summed E-state index contributed by atoms with van der Waals surface area (Å²) in [5.74, 6) is -1.89. The summed E-state index contributed by atoms with van der Waals surface area (Å²) in [6.07, 6.45) is 1.32. The fourth-order valence-corrected chi connectivity index (χ4v) is 6.69. The lowest BCUT2D eigenvalue weighted by molar-refractivity contribution is -0.140. The number of alkyl carbamates (subject to hydrolysis) is 1. The van der Waals surface area contributed by atoms with Crippen LogP contribution >= 0.6 is 0 Å². The van der Waals surface area contributed by atoms with E-state index >= 15 is 0 Å². The van der Waals surface area contributed by atoms with Crippen molar-refractivity contribution in [1.82, 2.24) is 15.5 Å². The van der Waals surface area contributed by atoms with E-state index in [2.05, 4.69) is 10.6 Å². The predicted molar refractivity (Wildman–Crippen MR) is 168 cm³/mol. The molecule has 2 aromatic rings. The number of amides is 3. The lowest BCUT2D eigenvalue weighted by atomic mass is 9.74. The van der Waals surface area contributed by atoms with E-state index in [1.165, 1.54) is 22.5 Å². The Morgan fingerprint density at radius 1 is 1.07 bits per heavy atom. The Morgan fingerprint density at radius 3 is 2.36 bits per heavy atom. The summed E-state index contributed by atoms with van der Waals surface area (Å²) in [5.41, 5.74) is 0.678. The number of ether oxygens (including phenoxy) is 2. The highest BCUT2D eigenvalue weighted by Gasteiger charge is 2.48. The van der Waals surface area contributed by atoms with Crippen LogP contribution < -0.4 is 14.9 Å². The molecule has 0 aromatic heterocycles. The molecule has 0 saturated carbocycles. The number of sulfonamides is 1. The minimum absolute atomic E-state index is 0.00552. The van der Waals surface area contributed by atoms with Crippen molar-refractivity contribution in [3.63, 3.8) is 0 Å². The molecule has 1 saturated heterocycles. The average molecular weight is 647 g/mol. The molecule has 13 heteroatoms. The standard InChI is InChI=1S/C32H43FN4O7S/c1-22(18-34-30(40)44-31(2,3)4)28(38)35-26(20-43-19-23-9-7-6-8-10-23)29(39)36-15-13-32(14-16-36)21-37(45(5,41)42)27-12-11-24(33)17-25(27)32/h6-12,17,22,26H,13-16,18-21H2,1-5H3,(H,34,40)(H,35,38)/t22?,26-/m1/s1. The SMILES string of the molecule is CC(CNC(=O)OC(C)(C)C)C(=O)N[C@H](COCc1ccccc1)C(=O)N1CCC2(CC1)CN(S(C)(=O)=O)c1ccc(F)cc12. The number of rotatable bonds is 10. The number of fused-ring (bicyclic) bond motifs is 2. The molecule has 45 heavy (non-hydrogen) atoms. The maximum atomic E-state index is 14.3. The van der Waals surface area contributed by atoms with E-state index in [1.807, 2.05) is 30.3 Å². The van der Waals surface area contributed by atoms with E-state index in [-0.39, 0.29) is 45.3 Å². The number of nitrogens with zero attached hydrogens (tertiary/aromatic N) is 2. The van der Waals surface area contributed by atoms with Crippen LogP contribution in [0.4, 0.5) is 14.9 Å². The van der Waals surface area contributed by atoms with Gasteiger partial charge in [-0.3, -0.25) is 13.9 Å². The Hall–Kier alpha value is -3.71. The van der Waals surface area contributed by atoms with Gasteiger partial charge in [0.05, 0.1) is 31.1 Å². The van der Waals surface area contributed by atoms with Gasteiger partial charge in [-0.25, -0.2) is 17.6 Å². The van der Waals surface area contributed by atoms with Gasteiger partial charge in [-0.05, 0) is 62.9 Å². The fraction of sp³-hybridized carbons (Fsp3) is 0.531. The van der Waals surface area contributed by atoms with Crippen LogP contribution in [0, 0.1) is 11.7 Å². The minimum Gasteiger partial charge on any atom is -0.444 e. The third kappa shape index (κ3) is 8.72. The second-order valence-electron chi connectivity index (χ2n) is 12.9. The summed E-state index contributed by atoms with van der Waals surface area (Å²) in [4.78, 5) is 40.7. The molecule has 11 nitrogen and oxygen atoms in total.